The van der Waals surface area contributed by atoms with Gasteiger partial charge in [0.25, 0.3) is 0 Å². The fourth-order valence-corrected chi connectivity index (χ4v) is 9.36. The molecule has 6 heteroatoms. The molecule has 9 aromatic carbocycles. The fraction of sp³-hybridized carbons (Fsp3) is 0.0317. The molecule has 0 bridgehead atoms. The highest BCUT2D eigenvalue weighted by Gasteiger charge is 2.22. The molecule has 0 unspecified atom stereocenters. The zero-order chi connectivity index (χ0) is 46.3. The zero-order valence-corrected chi connectivity index (χ0v) is 38.1. The molecule has 0 aliphatic rings. The van der Waals surface area contributed by atoms with Gasteiger partial charge in [0.15, 0.2) is 23.3 Å². The van der Waals surface area contributed by atoms with Gasteiger partial charge >= 0.3 is 0 Å². The molecule has 3 heterocycles. The third-order valence-corrected chi connectivity index (χ3v) is 12.8. The summed E-state index contributed by atoms with van der Waals surface area (Å²) in [5, 5.41) is 2.29. The molecule has 6 nitrogen and oxygen atoms in total. The first kappa shape index (κ1) is 41.3. The number of hydrogen-bond donors (Lipinski definition) is 0. The summed E-state index contributed by atoms with van der Waals surface area (Å²) in [5.41, 5.74) is 17.3. The Kier molecular flexibility index (Phi) is 10.5. The van der Waals surface area contributed by atoms with Crippen LogP contribution in [0.2, 0.25) is 0 Å². The molecule has 0 aliphatic carbocycles. The van der Waals surface area contributed by atoms with E-state index in [0.717, 1.165) is 83.4 Å². The summed E-state index contributed by atoms with van der Waals surface area (Å²) in [5.74, 6) is 2.29. The number of fused-ring (bicyclic) bond motifs is 3. The molecule has 0 saturated carbocycles. The predicted molar refractivity (Wildman–Crippen MR) is 283 cm³/mol. The second-order valence-electron chi connectivity index (χ2n) is 17.5. The normalized spacial score (nSPS) is 11.3. The molecular weight excluding hydrogens is 841 g/mol. The lowest BCUT2D eigenvalue weighted by Crippen LogP contribution is -2.04. The predicted octanol–water partition coefficient (Wildman–Crippen LogP) is 15.7. The Labute approximate surface area is 401 Å². The number of rotatable bonds is 9. The van der Waals surface area contributed by atoms with E-state index in [1.165, 1.54) is 22.3 Å². The van der Waals surface area contributed by atoms with Crippen LogP contribution in [0, 0.1) is 13.8 Å². The van der Waals surface area contributed by atoms with E-state index in [9.17, 15) is 0 Å². The molecule has 0 atom stereocenters. The Morgan fingerprint density at radius 1 is 0.275 bits per heavy atom. The summed E-state index contributed by atoms with van der Waals surface area (Å²) in [4.78, 5) is 26.3. The lowest BCUT2D eigenvalue weighted by atomic mass is 9.99. The van der Waals surface area contributed by atoms with E-state index in [-0.39, 0.29) is 0 Å². The van der Waals surface area contributed by atoms with E-state index in [1.54, 1.807) is 0 Å². The maximum absolute atomic E-state index is 5.34. The minimum atomic E-state index is 0.532. The average molecular weight is 885 g/mol. The van der Waals surface area contributed by atoms with Crippen LogP contribution in [-0.2, 0) is 0 Å². The Balaban J connectivity index is 1.15. The van der Waals surface area contributed by atoms with Crippen LogP contribution in [0.15, 0.2) is 231 Å². The lowest BCUT2D eigenvalue weighted by molar-refractivity contribution is 1.06. The second kappa shape index (κ2) is 17.6. The fourth-order valence-electron chi connectivity index (χ4n) is 9.36. The highest BCUT2D eigenvalue weighted by Crippen LogP contribution is 2.41. The summed E-state index contributed by atoms with van der Waals surface area (Å²) in [6.07, 6.45) is 0. The molecule has 12 aromatic rings. The van der Waals surface area contributed by atoms with E-state index < -0.39 is 0 Å². The van der Waals surface area contributed by atoms with Crippen LogP contribution in [0.5, 0.6) is 0 Å². The summed E-state index contributed by atoms with van der Waals surface area (Å²) in [7, 11) is 0. The number of aryl methyl sites for hydroxylation is 2. The molecule has 0 radical (unpaired) electrons. The Morgan fingerprint density at radius 3 is 1.13 bits per heavy atom. The van der Waals surface area contributed by atoms with E-state index >= 15 is 0 Å². The van der Waals surface area contributed by atoms with Gasteiger partial charge in [-0.15, -0.1) is 0 Å². The van der Waals surface area contributed by atoms with Crippen molar-refractivity contribution in [1.82, 2.24) is 29.5 Å². The summed E-state index contributed by atoms with van der Waals surface area (Å²) >= 11 is 0. The molecule has 3 aromatic heterocycles. The van der Waals surface area contributed by atoms with Crippen LogP contribution < -0.4 is 0 Å². The molecule has 0 spiro atoms. The van der Waals surface area contributed by atoms with Gasteiger partial charge in [0, 0.05) is 44.2 Å². The molecule has 0 amide bonds. The van der Waals surface area contributed by atoms with Crippen molar-refractivity contribution in [1.29, 1.82) is 0 Å². The third-order valence-electron chi connectivity index (χ3n) is 12.8. The number of nitrogens with zero attached hydrogens (tertiary/aromatic N) is 6. The summed E-state index contributed by atoms with van der Waals surface area (Å²) < 4.78 is 2.37. The first-order valence-electron chi connectivity index (χ1n) is 23.2. The van der Waals surface area contributed by atoms with Crippen molar-refractivity contribution in [3.8, 4) is 96.0 Å². The molecule has 12 rings (SSSR count). The maximum Gasteiger partial charge on any atom is 0.166 e. The van der Waals surface area contributed by atoms with Gasteiger partial charge in [0.05, 0.1) is 28.1 Å². The van der Waals surface area contributed by atoms with Gasteiger partial charge in [-0.3, -0.25) is 0 Å². The molecule has 69 heavy (non-hydrogen) atoms. The topological polar surface area (TPSA) is 69.4 Å². The van der Waals surface area contributed by atoms with Gasteiger partial charge in [0.2, 0.25) is 0 Å². The van der Waals surface area contributed by atoms with Gasteiger partial charge in [-0.1, -0.05) is 193 Å². The zero-order valence-electron chi connectivity index (χ0n) is 38.1. The molecule has 326 valence electrons. The molecule has 0 N–H and O–H groups in total. The Hall–Kier alpha value is -9.13. The van der Waals surface area contributed by atoms with Crippen LogP contribution in [-0.4, -0.2) is 29.5 Å². The van der Waals surface area contributed by atoms with Gasteiger partial charge in [0.1, 0.15) is 0 Å². The Morgan fingerprint density at radius 2 is 0.667 bits per heavy atom. The van der Waals surface area contributed by atoms with Crippen LogP contribution in [0.4, 0.5) is 0 Å². The highest BCUT2D eigenvalue weighted by atomic mass is 15.1. The average Bonchev–Trinajstić information content (AvgIpc) is 3.74. The minimum Gasteiger partial charge on any atom is -0.308 e. The first-order chi connectivity index (χ1) is 34.0. The van der Waals surface area contributed by atoms with Crippen molar-refractivity contribution >= 4 is 21.8 Å². The number of hydrogen-bond acceptors (Lipinski definition) is 5. The van der Waals surface area contributed by atoms with Crippen LogP contribution in [0.1, 0.15) is 11.1 Å². The van der Waals surface area contributed by atoms with Gasteiger partial charge in [-0.05, 0) is 84.6 Å². The van der Waals surface area contributed by atoms with Crippen LogP contribution >= 0.6 is 0 Å². The van der Waals surface area contributed by atoms with Crippen LogP contribution in [0.3, 0.4) is 0 Å². The number of benzene rings is 9. The van der Waals surface area contributed by atoms with E-state index in [2.05, 4.69) is 152 Å². The third kappa shape index (κ3) is 8.04. The van der Waals surface area contributed by atoms with Gasteiger partial charge in [-0.2, -0.15) is 0 Å². The minimum absolute atomic E-state index is 0.532. The van der Waals surface area contributed by atoms with Crippen molar-refractivity contribution < 1.29 is 0 Å². The van der Waals surface area contributed by atoms with Gasteiger partial charge < -0.3 is 4.57 Å². The monoisotopic (exact) mass is 884 g/mol. The van der Waals surface area contributed by atoms with Gasteiger partial charge in [-0.25, -0.2) is 24.9 Å². The van der Waals surface area contributed by atoms with E-state index in [1.807, 2.05) is 97.1 Å². The quantitative estimate of drug-likeness (QED) is 0.144. The smallest absolute Gasteiger partial charge is 0.166 e. The molecular formula is C63H44N6. The first-order valence-corrected chi connectivity index (χ1v) is 23.2. The van der Waals surface area contributed by atoms with Crippen molar-refractivity contribution in [3.05, 3.63) is 242 Å². The molecule has 0 aliphatic heterocycles. The van der Waals surface area contributed by atoms with Crippen LogP contribution in [0.25, 0.3) is 118 Å². The van der Waals surface area contributed by atoms with Crippen molar-refractivity contribution in [3.63, 3.8) is 0 Å². The lowest BCUT2D eigenvalue weighted by Gasteiger charge is -2.17. The van der Waals surface area contributed by atoms with E-state index in [4.69, 9.17) is 24.9 Å². The largest absolute Gasteiger partial charge is 0.308 e. The van der Waals surface area contributed by atoms with E-state index in [0.29, 0.717) is 23.3 Å². The molecule has 0 saturated heterocycles. The highest BCUT2D eigenvalue weighted by molar-refractivity contribution is 6.12. The summed E-state index contributed by atoms with van der Waals surface area (Å²) in [6.45, 7) is 4.29. The standard InChI is InChI=1S/C63H44N6/c1-41-17-15-27-47(35-41)49-29-32-57-52(37-49)53-38-50(48-28-16-18-42(2)36-48)30-33-58(53)69(57)59-34-31-51(62-64-55(43-19-7-3-8-20-43)40-56(65-62)44-21-9-4-10-22-44)39-54(59)63-67-60(45-23-11-5-12-24-45)66-61(68-63)46-25-13-6-14-26-46/h3-40H,1-2H3. The SMILES string of the molecule is Cc1cccc(-c2ccc3c(c2)c2cc(-c4cccc(C)c4)ccc2n3-c2ccc(-c3nc(-c4ccccc4)cc(-c4ccccc4)n3)cc2-c2nc(-c3ccccc3)nc(-c3ccccc3)n2)c1. The van der Waals surface area contributed by atoms with Crippen molar-refractivity contribution in [2.45, 2.75) is 13.8 Å². The van der Waals surface area contributed by atoms with Crippen molar-refractivity contribution in [2.75, 3.05) is 0 Å². The maximum atomic E-state index is 5.34. The number of aromatic nitrogens is 6. The second-order valence-corrected chi connectivity index (χ2v) is 17.5. The van der Waals surface area contributed by atoms with Crippen molar-refractivity contribution in [2.24, 2.45) is 0 Å². The molecule has 0 fully saturated rings. The Bertz CT molecular complexity index is 3630. The summed E-state index contributed by atoms with van der Waals surface area (Å²) in [6, 6.07) is 80.5.